The smallest absolute Gasteiger partial charge is 0.158 e. The van der Waals surface area contributed by atoms with Gasteiger partial charge in [0.15, 0.2) is 5.78 Å². The van der Waals surface area contributed by atoms with Gasteiger partial charge in [-0.1, -0.05) is 79.7 Å². The highest BCUT2D eigenvalue weighted by Crippen LogP contribution is 2.23. The molecule has 2 aromatic rings. The molecule has 1 heteroatoms. The summed E-state index contributed by atoms with van der Waals surface area (Å²) in [5.41, 5.74) is 4.22. The van der Waals surface area contributed by atoms with Gasteiger partial charge in [0.05, 0.1) is 0 Å². The molecule has 0 aliphatic rings. The van der Waals surface area contributed by atoms with Gasteiger partial charge in [-0.25, -0.2) is 0 Å². The first kappa shape index (κ1) is 15.0. The van der Waals surface area contributed by atoms with Gasteiger partial charge in [0.1, 0.15) is 0 Å². The predicted octanol–water partition coefficient (Wildman–Crippen LogP) is 5.04. The molecule has 0 aliphatic carbocycles. The van der Waals surface area contributed by atoms with Gasteiger partial charge in [0, 0.05) is 6.42 Å². The molecule has 0 N–H and O–H groups in total. The van der Waals surface area contributed by atoms with Crippen LogP contribution in [0.5, 0.6) is 0 Å². The standard InChI is InChI=1S/C20H20O/c1-3-20(21)16(2)14-15-19(17-10-6-4-7-11-17)18-12-8-5-9-13-18/h4-15H,3H2,1-2H3/b16-14+. The molecule has 0 atom stereocenters. The van der Waals surface area contributed by atoms with Crippen LogP contribution in [0.2, 0.25) is 0 Å². The Labute approximate surface area is 126 Å². The van der Waals surface area contributed by atoms with Gasteiger partial charge in [-0.05, 0) is 29.2 Å². The van der Waals surface area contributed by atoms with Gasteiger partial charge in [0.2, 0.25) is 0 Å². The summed E-state index contributed by atoms with van der Waals surface area (Å²) < 4.78 is 0. The third kappa shape index (κ3) is 4.03. The minimum atomic E-state index is 0.187. The van der Waals surface area contributed by atoms with E-state index in [0.29, 0.717) is 6.42 Å². The average molecular weight is 276 g/mol. The van der Waals surface area contributed by atoms with Crippen LogP contribution in [0.25, 0.3) is 5.57 Å². The lowest BCUT2D eigenvalue weighted by atomic mass is 9.97. The number of hydrogen-bond donors (Lipinski definition) is 0. The minimum Gasteiger partial charge on any atom is -0.295 e. The van der Waals surface area contributed by atoms with Crippen molar-refractivity contribution in [1.29, 1.82) is 0 Å². The number of ketones is 1. The normalized spacial score (nSPS) is 11.0. The van der Waals surface area contributed by atoms with E-state index in [0.717, 1.165) is 22.3 Å². The van der Waals surface area contributed by atoms with Crippen molar-refractivity contribution in [1.82, 2.24) is 0 Å². The molecule has 0 spiro atoms. The van der Waals surface area contributed by atoms with Gasteiger partial charge >= 0.3 is 0 Å². The molecule has 0 aliphatic heterocycles. The van der Waals surface area contributed by atoms with E-state index >= 15 is 0 Å². The van der Waals surface area contributed by atoms with Gasteiger partial charge in [0.25, 0.3) is 0 Å². The van der Waals surface area contributed by atoms with Crippen molar-refractivity contribution in [3.05, 3.63) is 89.5 Å². The molecule has 0 aromatic heterocycles. The number of hydrogen-bond acceptors (Lipinski definition) is 1. The molecule has 106 valence electrons. The second kappa shape index (κ2) is 7.39. The fraction of sp³-hybridized carbons (Fsp3) is 0.150. The Bertz CT molecular complexity index is 607. The molecule has 0 fully saturated rings. The summed E-state index contributed by atoms with van der Waals surface area (Å²) in [5, 5.41) is 0. The minimum absolute atomic E-state index is 0.187. The van der Waals surface area contributed by atoms with Crippen LogP contribution in [-0.2, 0) is 4.79 Å². The number of rotatable bonds is 5. The molecule has 0 amide bonds. The molecule has 0 radical (unpaired) electrons. The highest BCUT2D eigenvalue weighted by atomic mass is 16.1. The lowest BCUT2D eigenvalue weighted by Crippen LogP contribution is -1.96. The third-order valence-electron chi connectivity index (χ3n) is 3.43. The van der Waals surface area contributed by atoms with Crippen LogP contribution in [-0.4, -0.2) is 5.78 Å². The molecule has 21 heavy (non-hydrogen) atoms. The van der Waals surface area contributed by atoms with Crippen molar-refractivity contribution in [2.75, 3.05) is 0 Å². The molecular formula is C20H20O. The van der Waals surface area contributed by atoms with Crippen molar-refractivity contribution in [2.45, 2.75) is 20.3 Å². The predicted molar refractivity (Wildman–Crippen MR) is 89.0 cm³/mol. The summed E-state index contributed by atoms with van der Waals surface area (Å²) in [5.74, 6) is 0.187. The quantitative estimate of drug-likeness (QED) is 0.552. The van der Waals surface area contributed by atoms with Gasteiger partial charge in [-0.3, -0.25) is 4.79 Å². The molecule has 1 nitrogen and oxygen atoms in total. The van der Waals surface area contributed by atoms with Crippen LogP contribution >= 0.6 is 0 Å². The maximum absolute atomic E-state index is 11.7. The van der Waals surface area contributed by atoms with Crippen molar-refractivity contribution in [3.63, 3.8) is 0 Å². The zero-order valence-corrected chi connectivity index (χ0v) is 12.5. The van der Waals surface area contributed by atoms with Crippen molar-refractivity contribution < 1.29 is 4.79 Å². The molecule has 0 saturated heterocycles. The first-order valence-electron chi connectivity index (χ1n) is 7.25. The highest BCUT2D eigenvalue weighted by Gasteiger charge is 2.04. The average Bonchev–Trinajstić information content (AvgIpc) is 2.56. The maximum Gasteiger partial charge on any atom is 0.158 e. The summed E-state index contributed by atoms with van der Waals surface area (Å²) in [6.07, 6.45) is 4.50. The molecule has 2 rings (SSSR count). The summed E-state index contributed by atoms with van der Waals surface area (Å²) >= 11 is 0. The highest BCUT2D eigenvalue weighted by molar-refractivity contribution is 5.95. The maximum atomic E-state index is 11.7. The van der Waals surface area contributed by atoms with Crippen molar-refractivity contribution in [2.24, 2.45) is 0 Å². The Kier molecular flexibility index (Phi) is 5.28. The largest absolute Gasteiger partial charge is 0.295 e. The van der Waals surface area contributed by atoms with Gasteiger partial charge in [-0.2, -0.15) is 0 Å². The molecule has 2 aromatic carbocycles. The summed E-state index contributed by atoms with van der Waals surface area (Å²) in [7, 11) is 0. The molecule has 0 bridgehead atoms. The van der Waals surface area contributed by atoms with E-state index in [4.69, 9.17) is 0 Å². The second-order valence-corrected chi connectivity index (χ2v) is 4.94. The number of allylic oxidation sites excluding steroid dienone is 3. The summed E-state index contributed by atoms with van der Waals surface area (Å²) in [4.78, 5) is 11.7. The Balaban J connectivity index is 2.45. The van der Waals surface area contributed by atoms with Crippen LogP contribution in [0.1, 0.15) is 31.4 Å². The summed E-state index contributed by atoms with van der Waals surface area (Å²) in [6, 6.07) is 20.5. The lowest BCUT2D eigenvalue weighted by molar-refractivity contribution is -0.115. The van der Waals surface area contributed by atoms with E-state index in [-0.39, 0.29) is 5.78 Å². The van der Waals surface area contributed by atoms with E-state index in [1.54, 1.807) is 0 Å². The number of benzene rings is 2. The third-order valence-corrected chi connectivity index (χ3v) is 3.43. The van der Waals surface area contributed by atoms with Gasteiger partial charge in [-0.15, -0.1) is 0 Å². The molecule has 0 heterocycles. The second-order valence-electron chi connectivity index (χ2n) is 4.94. The first-order chi connectivity index (χ1) is 10.2. The van der Waals surface area contributed by atoms with Crippen LogP contribution in [0.15, 0.2) is 78.4 Å². The molecular weight excluding hydrogens is 256 g/mol. The number of Topliss-reactive ketones (excluding diaryl/α,β-unsaturated/α-hetero) is 1. The van der Waals surface area contributed by atoms with E-state index in [1.165, 1.54) is 0 Å². The van der Waals surface area contributed by atoms with Crippen LogP contribution in [0, 0.1) is 0 Å². The Hall–Kier alpha value is -2.41. The van der Waals surface area contributed by atoms with Crippen molar-refractivity contribution in [3.8, 4) is 0 Å². The van der Waals surface area contributed by atoms with Crippen LogP contribution in [0.3, 0.4) is 0 Å². The topological polar surface area (TPSA) is 17.1 Å². The van der Waals surface area contributed by atoms with E-state index in [1.807, 2.05) is 62.4 Å². The lowest BCUT2D eigenvalue weighted by Gasteiger charge is -2.08. The Morgan fingerprint density at radius 3 is 1.76 bits per heavy atom. The molecule has 0 saturated carbocycles. The Morgan fingerprint density at radius 2 is 1.33 bits per heavy atom. The van der Waals surface area contributed by atoms with Gasteiger partial charge < -0.3 is 0 Å². The zero-order valence-electron chi connectivity index (χ0n) is 12.5. The number of carbonyl (C=O) groups excluding carboxylic acids is 1. The summed E-state index contributed by atoms with van der Waals surface area (Å²) in [6.45, 7) is 3.76. The first-order valence-corrected chi connectivity index (χ1v) is 7.25. The SMILES string of the molecule is CCC(=O)/C(C)=C/C=C(c1ccccc1)c1ccccc1. The fourth-order valence-corrected chi connectivity index (χ4v) is 2.17. The Morgan fingerprint density at radius 1 is 0.857 bits per heavy atom. The van der Waals surface area contributed by atoms with E-state index in [2.05, 4.69) is 24.3 Å². The van der Waals surface area contributed by atoms with E-state index < -0.39 is 0 Å². The van der Waals surface area contributed by atoms with E-state index in [9.17, 15) is 4.79 Å². The monoisotopic (exact) mass is 276 g/mol. The fourth-order valence-electron chi connectivity index (χ4n) is 2.17. The zero-order chi connectivity index (χ0) is 15.1. The van der Waals surface area contributed by atoms with Crippen molar-refractivity contribution >= 4 is 11.4 Å². The van der Waals surface area contributed by atoms with Crippen LogP contribution < -0.4 is 0 Å². The molecule has 0 unspecified atom stereocenters. The number of carbonyl (C=O) groups is 1. The van der Waals surface area contributed by atoms with Crippen LogP contribution in [0.4, 0.5) is 0 Å².